The molecule has 2 aromatic carbocycles. The van der Waals surface area contributed by atoms with Gasteiger partial charge >= 0.3 is 0 Å². The predicted octanol–water partition coefficient (Wildman–Crippen LogP) is 5.31. The number of nitriles is 1. The standard InChI is InChI=1S/C20H16N4O2S/c1-13-3-4-15(9-14(13)2)19-12-27-20(23-19)16(10-21)11-22-17-5-7-18(8-6-17)24(25)26/h3-9,11-12,22H,1-2H3. The molecule has 0 atom stereocenters. The van der Waals surface area contributed by atoms with E-state index in [0.29, 0.717) is 16.3 Å². The highest BCUT2D eigenvalue weighted by Gasteiger charge is 2.10. The first-order valence-electron chi connectivity index (χ1n) is 8.12. The van der Waals surface area contributed by atoms with E-state index in [1.165, 1.54) is 34.6 Å². The summed E-state index contributed by atoms with van der Waals surface area (Å²) in [5.41, 5.74) is 5.32. The maximum absolute atomic E-state index is 10.7. The normalized spacial score (nSPS) is 11.1. The summed E-state index contributed by atoms with van der Waals surface area (Å²) in [4.78, 5) is 14.8. The Morgan fingerprint density at radius 3 is 2.59 bits per heavy atom. The van der Waals surface area contributed by atoms with Gasteiger partial charge in [0.15, 0.2) is 0 Å². The summed E-state index contributed by atoms with van der Waals surface area (Å²) >= 11 is 1.40. The van der Waals surface area contributed by atoms with E-state index in [4.69, 9.17) is 0 Å². The summed E-state index contributed by atoms with van der Waals surface area (Å²) in [6.07, 6.45) is 1.56. The van der Waals surface area contributed by atoms with Gasteiger partial charge in [0.2, 0.25) is 0 Å². The van der Waals surface area contributed by atoms with E-state index in [-0.39, 0.29) is 5.69 Å². The summed E-state index contributed by atoms with van der Waals surface area (Å²) < 4.78 is 0. The molecule has 0 radical (unpaired) electrons. The van der Waals surface area contributed by atoms with Crippen molar-refractivity contribution < 1.29 is 4.92 Å². The van der Waals surface area contributed by atoms with Crippen molar-refractivity contribution in [2.24, 2.45) is 0 Å². The lowest BCUT2D eigenvalue weighted by atomic mass is 10.1. The van der Waals surface area contributed by atoms with Gasteiger partial charge in [-0.15, -0.1) is 11.3 Å². The second-order valence-corrected chi connectivity index (χ2v) is 6.81. The molecule has 0 unspecified atom stereocenters. The number of non-ortho nitro benzene ring substituents is 1. The van der Waals surface area contributed by atoms with E-state index in [9.17, 15) is 15.4 Å². The molecule has 0 spiro atoms. The number of rotatable bonds is 5. The Kier molecular flexibility index (Phi) is 5.29. The first-order chi connectivity index (χ1) is 13.0. The minimum absolute atomic E-state index is 0.0167. The number of allylic oxidation sites excluding steroid dienone is 1. The average molecular weight is 376 g/mol. The van der Waals surface area contributed by atoms with Crippen molar-refractivity contribution in [3.8, 4) is 17.3 Å². The van der Waals surface area contributed by atoms with Crippen molar-refractivity contribution in [3.63, 3.8) is 0 Å². The molecule has 6 nitrogen and oxygen atoms in total. The fourth-order valence-electron chi connectivity index (χ4n) is 2.41. The molecule has 3 rings (SSSR count). The topological polar surface area (TPSA) is 91.8 Å². The Bertz CT molecular complexity index is 1060. The Labute approximate surface area is 160 Å². The molecule has 0 fully saturated rings. The van der Waals surface area contributed by atoms with Gasteiger partial charge in [-0.25, -0.2) is 4.98 Å². The molecule has 1 aromatic heterocycles. The smallest absolute Gasteiger partial charge is 0.269 e. The molecule has 27 heavy (non-hydrogen) atoms. The van der Waals surface area contributed by atoms with Gasteiger partial charge in [0.05, 0.1) is 10.6 Å². The zero-order valence-corrected chi connectivity index (χ0v) is 15.6. The molecule has 0 bridgehead atoms. The Morgan fingerprint density at radius 2 is 1.96 bits per heavy atom. The summed E-state index contributed by atoms with van der Waals surface area (Å²) in [6, 6.07) is 14.3. The van der Waals surface area contributed by atoms with Crippen LogP contribution in [0, 0.1) is 35.3 Å². The molecular weight excluding hydrogens is 360 g/mol. The summed E-state index contributed by atoms with van der Waals surface area (Å²) in [5, 5.41) is 25.7. The molecule has 134 valence electrons. The molecule has 1 heterocycles. The number of hydrogen-bond donors (Lipinski definition) is 1. The lowest BCUT2D eigenvalue weighted by molar-refractivity contribution is -0.384. The monoisotopic (exact) mass is 376 g/mol. The van der Waals surface area contributed by atoms with Gasteiger partial charge in [-0.05, 0) is 43.2 Å². The van der Waals surface area contributed by atoms with E-state index < -0.39 is 4.92 Å². The van der Waals surface area contributed by atoms with Gasteiger partial charge in [0.1, 0.15) is 16.6 Å². The molecule has 0 saturated carbocycles. The molecule has 0 amide bonds. The molecule has 0 aliphatic rings. The third-order valence-corrected chi connectivity index (χ3v) is 4.99. The summed E-state index contributed by atoms with van der Waals surface area (Å²) in [5.74, 6) is 0. The number of nitrogens with zero attached hydrogens (tertiary/aromatic N) is 3. The number of nitro benzene ring substituents is 1. The summed E-state index contributed by atoms with van der Waals surface area (Å²) in [7, 11) is 0. The quantitative estimate of drug-likeness (QED) is 0.370. The number of nitro groups is 1. The number of hydrogen-bond acceptors (Lipinski definition) is 6. The second-order valence-electron chi connectivity index (χ2n) is 5.96. The van der Waals surface area contributed by atoms with Crippen LogP contribution in [0.15, 0.2) is 54.0 Å². The molecule has 0 saturated heterocycles. The lowest BCUT2D eigenvalue weighted by Crippen LogP contribution is -1.92. The van der Waals surface area contributed by atoms with Gasteiger partial charge in [-0.3, -0.25) is 10.1 Å². The molecule has 0 aliphatic carbocycles. The van der Waals surface area contributed by atoms with Crippen molar-refractivity contribution >= 4 is 28.3 Å². The van der Waals surface area contributed by atoms with Gasteiger partial charge in [0.25, 0.3) is 5.69 Å². The highest BCUT2D eigenvalue weighted by atomic mass is 32.1. The minimum atomic E-state index is -0.454. The van der Waals surface area contributed by atoms with Crippen LogP contribution in [-0.2, 0) is 0 Å². The number of aryl methyl sites for hydroxylation is 2. The maximum Gasteiger partial charge on any atom is 0.269 e. The highest BCUT2D eigenvalue weighted by Crippen LogP contribution is 2.27. The number of benzene rings is 2. The Morgan fingerprint density at radius 1 is 1.22 bits per heavy atom. The van der Waals surface area contributed by atoms with Crippen LogP contribution in [0.2, 0.25) is 0 Å². The predicted molar refractivity (Wildman–Crippen MR) is 107 cm³/mol. The Balaban J connectivity index is 1.80. The highest BCUT2D eigenvalue weighted by molar-refractivity contribution is 7.11. The van der Waals surface area contributed by atoms with Crippen LogP contribution < -0.4 is 5.32 Å². The average Bonchev–Trinajstić information content (AvgIpc) is 3.15. The van der Waals surface area contributed by atoms with Crippen LogP contribution in [0.4, 0.5) is 11.4 Å². The van der Waals surface area contributed by atoms with E-state index in [1.807, 2.05) is 11.4 Å². The second kappa shape index (κ2) is 7.81. The molecule has 0 aliphatic heterocycles. The van der Waals surface area contributed by atoms with Crippen molar-refractivity contribution in [1.82, 2.24) is 4.98 Å². The largest absolute Gasteiger partial charge is 0.360 e. The van der Waals surface area contributed by atoms with Crippen molar-refractivity contribution in [2.75, 3.05) is 5.32 Å². The Hall–Kier alpha value is -3.50. The summed E-state index contributed by atoms with van der Waals surface area (Å²) in [6.45, 7) is 4.12. The number of thiazole rings is 1. The SMILES string of the molecule is Cc1ccc(-c2csc(C(C#N)=CNc3ccc([N+](=O)[O-])cc3)n2)cc1C. The number of nitrogens with one attached hydrogen (secondary N) is 1. The molecule has 3 aromatic rings. The zero-order chi connectivity index (χ0) is 19.4. The van der Waals surface area contributed by atoms with E-state index >= 15 is 0 Å². The van der Waals surface area contributed by atoms with Crippen LogP contribution in [0.5, 0.6) is 0 Å². The van der Waals surface area contributed by atoms with Gasteiger partial charge in [-0.1, -0.05) is 12.1 Å². The van der Waals surface area contributed by atoms with Gasteiger partial charge < -0.3 is 5.32 Å². The third kappa shape index (κ3) is 4.19. The molecule has 7 heteroatoms. The van der Waals surface area contributed by atoms with E-state index in [1.54, 1.807) is 18.3 Å². The first-order valence-corrected chi connectivity index (χ1v) is 9.00. The fourth-order valence-corrected chi connectivity index (χ4v) is 3.20. The van der Waals surface area contributed by atoms with Gasteiger partial charge in [0, 0.05) is 35.0 Å². The van der Waals surface area contributed by atoms with E-state index in [0.717, 1.165) is 11.3 Å². The van der Waals surface area contributed by atoms with Crippen molar-refractivity contribution in [1.29, 1.82) is 5.26 Å². The molecule has 1 N–H and O–H groups in total. The van der Waals surface area contributed by atoms with E-state index in [2.05, 4.69) is 42.4 Å². The number of aromatic nitrogens is 1. The first kappa shape index (κ1) is 18.3. The van der Waals surface area contributed by atoms with Crippen molar-refractivity contribution in [3.05, 3.63) is 80.3 Å². The fraction of sp³-hybridized carbons (Fsp3) is 0.100. The zero-order valence-electron chi connectivity index (χ0n) is 14.8. The third-order valence-electron chi connectivity index (χ3n) is 4.12. The minimum Gasteiger partial charge on any atom is -0.360 e. The van der Waals surface area contributed by atoms with Crippen LogP contribution in [0.1, 0.15) is 16.1 Å². The van der Waals surface area contributed by atoms with Crippen LogP contribution in [0.25, 0.3) is 16.8 Å². The van der Waals surface area contributed by atoms with Crippen molar-refractivity contribution in [2.45, 2.75) is 13.8 Å². The van der Waals surface area contributed by atoms with Gasteiger partial charge in [-0.2, -0.15) is 5.26 Å². The molecular formula is C20H16N4O2S. The van der Waals surface area contributed by atoms with Crippen LogP contribution >= 0.6 is 11.3 Å². The van der Waals surface area contributed by atoms with Crippen LogP contribution in [-0.4, -0.2) is 9.91 Å². The lowest BCUT2D eigenvalue weighted by Gasteiger charge is -2.02. The van der Waals surface area contributed by atoms with Crippen LogP contribution in [0.3, 0.4) is 0 Å². The number of anilines is 1. The maximum atomic E-state index is 10.7.